The van der Waals surface area contributed by atoms with Crippen LogP contribution in [0.2, 0.25) is 0 Å². The maximum Gasteiger partial charge on any atom is 0.472 e. The summed E-state index contributed by atoms with van der Waals surface area (Å²) < 4.78 is 32.6. The van der Waals surface area contributed by atoms with Crippen LogP contribution in [0, 0.1) is 0 Å². The number of esters is 2. The number of phosphoric acid groups is 1. The molecule has 1 unspecified atom stereocenters. The van der Waals surface area contributed by atoms with E-state index < -0.39 is 26.5 Å². The summed E-state index contributed by atoms with van der Waals surface area (Å²) >= 11 is 0. The first-order valence-corrected chi connectivity index (χ1v) is 20.2. The minimum atomic E-state index is -4.36. The molecular formula is C36H70NO8P. The van der Waals surface area contributed by atoms with Gasteiger partial charge < -0.3 is 20.1 Å². The van der Waals surface area contributed by atoms with Crippen LogP contribution < -0.4 is 5.73 Å². The molecule has 272 valence electrons. The molecule has 0 saturated carbocycles. The van der Waals surface area contributed by atoms with Gasteiger partial charge in [-0.3, -0.25) is 18.6 Å². The first-order chi connectivity index (χ1) is 22.3. The Morgan fingerprint density at radius 1 is 0.630 bits per heavy atom. The van der Waals surface area contributed by atoms with Gasteiger partial charge in [-0.1, -0.05) is 135 Å². The van der Waals surface area contributed by atoms with Crippen LogP contribution in [0.25, 0.3) is 0 Å². The molecule has 10 heteroatoms. The van der Waals surface area contributed by atoms with E-state index in [0.29, 0.717) is 6.42 Å². The van der Waals surface area contributed by atoms with E-state index in [0.717, 1.165) is 51.4 Å². The van der Waals surface area contributed by atoms with E-state index in [-0.39, 0.29) is 38.6 Å². The maximum absolute atomic E-state index is 12.5. The van der Waals surface area contributed by atoms with Crippen molar-refractivity contribution in [3.63, 3.8) is 0 Å². The Kier molecular flexibility index (Phi) is 32.7. The zero-order valence-electron chi connectivity index (χ0n) is 29.6. The molecule has 0 aromatic rings. The predicted octanol–water partition coefficient (Wildman–Crippen LogP) is 9.88. The third-order valence-corrected chi connectivity index (χ3v) is 8.89. The number of nitrogens with two attached hydrogens (primary N) is 1. The molecular weight excluding hydrogens is 605 g/mol. The van der Waals surface area contributed by atoms with Crippen molar-refractivity contribution in [1.29, 1.82) is 0 Å². The van der Waals surface area contributed by atoms with E-state index in [9.17, 15) is 19.0 Å². The molecule has 0 aliphatic heterocycles. The fourth-order valence-corrected chi connectivity index (χ4v) is 5.86. The van der Waals surface area contributed by atoms with Crippen molar-refractivity contribution in [2.24, 2.45) is 5.73 Å². The van der Waals surface area contributed by atoms with Crippen LogP contribution in [-0.4, -0.2) is 49.3 Å². The summed E-state index contributed by atoms with van der Waals surface area (Å²) in [5.41, 5.74) is 5.32. The fourth-order valence-electron chi connectivity index (χ4n) is 5.10. The van der Waals surface area contributed by atoms with Crippen LogP contribution in [0.4, 0.5) is 0 Å². The number of ether oxygens (including phenoxy) is 2. The summed E-state index contributed by atoms with van der Waals surface area (Å²) in [5.74, 6) is -0.836. The number of carbonyl (C=O) groups is 2. The van der Waals surface area contributed by atoms with Crippen molar-refractivity contribution in [2.45, 2.75) is 180 Å². The first-order valence-electron chi connectivity index (χ1n) is 18.7. The molecule has 9 nitrogen and oxygen atoms in total. The highest BCUT2D eigenvalue weighted by Crippen LogP contribution is 2.43. The van der Waals surface area contributed by atoms with E-state index in [1.165, 1.54) is 89.9 Å². The lowest BCUT2D eigenvalue weighted by Gasteiger charge is -2.19. The minimum Gasteiger partial charge on any atom is -0.462 e. The van der Waals surface area contributed by atoms with Crippen molar-refractivity contribution in [1.82, 2.24) is 0 Å². The third-order valence-electron chi connectivity index (χ3n) is 7.90. The monoisotopic (exact) mass is 675 g/mol. The summed E-state index contributed by atoms with van der Waals surface area (Å²) in [6, 6.07) is 0. The number of phosphoric ester groups is 1. The van der Waals surface area contributed by atoms with Crippen LogP contribution >= 0.6 is 7.82 Å². The highest BCUT2D eigenvalue weighted by Gasteiger charge is 2.25. The average Bonchev–Trinajstić information content (AvgIpc) is 3.04. The van der Waals surface area contributed by atoms with Gasteiger partial charge in [-0.05, 0) is 38.5 Å². The van der Waals surface area contributed by atoms with E-state index >= 15 is 0 Å². The summed E-state index contributed by atoms with van der Waals surface area (Å²) in [5, 5.41) is 0. The molecule has 0 amide bonds. The Morgan fingerprint density at radius 2 is 1.07 bits per heavy atom. The summed E-state index contributed by atoms with van der Waals surface area (Å²) in [4.78, 5) is 34.6. The number of carbonyl (C=O) groups excluding carboxylic acids is 2. The van der Waals surface area contributed by atoms with Crippen molar-refractivity contribution >= 4 is 19.8 Å². The van der Waals surface area contributed by atoms with E-state index in [1.54, 1.807) is 0 Å². The van der Waals surface area contributed by atoms with Crippen LogP contribution in [-0.2, 0) is 32.7 Å². The van der Waals surface area contributed by atoms with Gasteiger partial charge in [-0.2, -0.15) is 0 Å². The van der Waals surface area contributed by atoms with Crippen LogP contribution in [0.3, 0.4) is 0 Å². The predicted molar refractivity (Wildman–Crippen MR) is 188 cm³/mol. The third kappa shape index (κ3) is 32.7. The SMILES string of the molecule is CCCCCCCC/C=C/CCCCCCCC(=O)O[C@H](COC(=O)CCCCCCCCCCCC)COP(=O)(O)OCCN. The van der Waals surface area contributed by atoms with Gasteiger partial charge in [0.1, 0.15) is 6.61 Å². The van der Waals surface area contributed by atoms with Crippen LogP contribution in [0.15, 0.2) is 12.2 Å². The van der Waals surface area contributed by atoms with E-state index in [4.69, 9.17) is 24.3 Å². The highest BCUT2D eigenvalue weighted by molar-refractivity contribution is 7.47. The molecule has 0 aromatic heterocycles. The molecule has 2 atom stereocenters. The van der Waals surface area contributed by atoms with Gasteiger partial charge in [0.15, 0.2) is 6.10 Å². The fraction of sp³-hybridized carbons (Fsp3) is 0.889. The second kappa shape index (κ2) is 33.6. The Hall–Kier alpha value is -1.25. The van der Waals surface area contributed by atoms with E-state index in [1.807, 2.05) is 0 Å². The lowest BCUT2D eigenvalue weighted by Crippen LogP contribution is -2.29. The van der Waals surface area contributed by atoms with Crippen molar-refractivity contribution in [3.8, 4) is 0 Å². The quantitative estimate of drug-likeness (QED) is 0.0291. The summed E-state index contributed by atoms with van der Waals surface area (Å²) in [6.45, 7) is 3.70. The van der Waals surface area contributed by atoms with Crippen molar-refractivity contribution < 1.29 is 37.6 Å². The van der Waals surface area contributed by atoms with Crippen LogP contribution in [0.5, 0.6) is 0 Å². The lowest BCUT2D eigenvalue weighted by molar-refractivity contribution is -0.161. The van der Waals surface area contributed by atoms with Gasteiger partial charge in [-0.25, -0.2) is 4.57 Å². The molecule has 46 heavy (non-hydrogen) atoms. The molecule has 0 fully saturated rings. The highest BCUT2D eigenvalue weighted by atomic mass is 31.2. The molecule has 0 aromatic carbocycles. The van der Waals surface area contributed by atoms with Crippen molar-refractivity contribution in [2.75, 3.05) is 26.4 Å². The molecule has 0 saturated heterocycles. The largest absolute Gasteiger partial charge is 0.472 e. The summed E-state index contributed by atoms with van der Waals surface area (Å²) in [7, 11) is -4.36. The van der Waals surface area contributed by atoms with Gasteiger partial charge in [0, 0.05) is 19.4 Å². The van der Waals surface area contributed by atoms with Gasteiger partial charge in [0.2, 0.25) is 0 Å². The Morgan fingerprint density at radius 3 is 1.54 bits per heavy atom. The second-order valence-corrected chi connectivity index (χ2v) is 13.9. The van der Waals surface area contributed by atoms with Crippen LogP contribution in [0.1, 0.15) is 174 Å². The van der Waals surface area contributed by atoms with Gasteiger partial charge in [0.05, 0.1) is 13.2 Å². The number of rotatable bonds is 35. The van der Waals surface area contributed by atoms with Gasteiger partial charge >= 0.3 is 19.8 Å². The zero-order valence-corrected chi connectivity index (χ0v) is 30.5. The molecule has 0 bridgehead atoms. The normalized spacial score (nSPS) is 13.6. The van der Waals surface area contributed by atoms with Crippen molar-refractivity contribution in [3.05, 3.63) is 12.2 Å². The molecule has 0 radical (unpaired) electrons. The number of hydrogen-bond acceptors (Lipinski definition) is 8. The first kappa shape index (κ1) is 44.8. The number of hydrogen-bond donors (Lipinski definition) is 2. The van der Waals surface area contributed by atoms with E-state index in [2.05, 4.69) is 26.0 Å². The second-order valence-electron chi connectivity index (χ2n) is 12.4. The molecule has 0 heterocycles. The smallest absolute Gasteiger partial charge is 0.462 e. The molecule has 3 N–H and O–H groups in total. The van der Waals surface area contributed by atoms with Gasteiger partial charge in [-0.15, -0.1) is 0 Å². The lowest BCUT2D eigenvalue weighted by atomic mass is 10.1. The Bertz CT molecular complexity index is 779. The number of allylic oxidation sites excluding steroid dienone is 2. The number of unbranched alkanes of at least 4 members (excludes halogenated alkanes) is 20. The topological polar surface area (TPSA) is 134 Å². The Balaban J connectivity index is 4.23. The minimum absolute atomic E-state index is 0.0544. The maximum atomic E-state index is 12.5. The Labute approximate surface area is 281 Å². The zero-order chi connectivity index (χ0) is 34.0. The molecule has 0 spiro atoms. The molecule has 0 aliphatic rings. The van der Waals surface area contributed by atoms with Gasteiger partial charge in [0.25, 0.3) is 0 Å². The average molecular weight is 676 g/mol. The molecule has 0 rings (SSSR count). The standard InChI is InChI=1S/C36H70NO8P/c1-3-5-7-9-11-13-15-16-17-18-19-21-23-25-27-29-36(39)45-34(33-44-46(40,41)43-31-30-37)32-42-35(38)28-26-24-22-20-14-12-10-8-6-4-2/h16-17,34H,3-15,18-33,37H2,1-2H3,(H,40,41)/b17-16+/t34-/m1/s1. The molecule has 0 aliphatic carbocycles. The summed E-state index contributed by atoms with van der Waals surface area (Å²) in [6.07, 6.45) is 31.0.